The van der Waals surface area contributed by atoms with E-state index in [1.807, 2.05) is 0 Å². The summed E-state index contributed by atoms with van der Waals surface area (Å²) in [5.74, 6) is -10.6. The van der Waals surface area contributed by atoms with Crippen molar-refractivity contribution in [1.82, 2.24) is 42.3 Å². The highest BCUT2D eigenvalue weighted by molar-refractivity contribution is 7.80. The Labute approximate surface area is 462 Å². The van der Waals surface area contributed by atoms with Gasteiger partial charge in [0.05, 0.1) is 12.8 Å². The lowest BCUT2D eigenvalue weighted by molar-refractivity contribution is -0.155. The molecule has 1 aliphatic heterocycles. The van der Waals surface area contributed by atoms with Crippen molar-refractivity contribution in [3.8, 4) is 0 Å². The highest BCUT2D eigenvalue weighted by Gasteiger charge is 2.41. The van der Waals surface area contributed by atoms with Crippen LogP contribution in [0, 0.1) is 5.92 Å². The summed E-state index contributed by atoms with van der Waals surface area (Å²) < 4.78 is 0. The van der Waals surface area contributed by atoms with Gasteiger partial charge in [-0.25, -0.2) is 0 Å². The van der Waals surface area contributed by atoms with Gasteiger partial charge in [-0.3, -0.25) is 52.9 Å². The molecule has 0 spiro atoms. The summed E-state index contributed by atoms with van der Waals surface area (Å²) in [4.78, 5) is 145. The Morgan fingerprint density at radius 3 is 1.82 bits per heavy atom. The van der Waals surface area contributed by atoms with Gasteiger partial charge in [-0.15, -0.1) is 5.48 Å². The molecule has 0 radical (unpaired) electrons. The number of carboxylic acid groups (broad SMARTS) is 1. The second-order valence-corrected chi connectivity index (χ2v) is 19.4. The van der Waals surface area contributed by atoms with E-state index < -0.39 is 126 Å². The molecule has 7 atom stereocenters. The molecule has 4 rings (SSSR count). The molecule has 14 N–H and O–H groups in total. The van der Waals surface area contributed by atoms with Crippen molar-refractivity contribution in [3.05, 3.63) is 108 Å². The Kier molecular flexibility index (Phi) is 25.9. The number of primary amides is 1. The number of likely N-dealkylation sites (tertiary alicyclic amines) is 1. The van der Waals surface area contributed by atoms with Crippen molar-refractivity contribution in [2.75, 3.05) is 31.1 Å². The monoisotopic (exact) mass is 1120 g/mol. The normalized spacial score (nSPS) is 15.3. The van der Waals surface area contributed by atoms with Crippen molar-refractivity contribution in [1.29, 1.82) is 0 Å². The molecule has 0 bridgehead atoms. The van der Waals surface area contributed by atoms with Crippen LogP contribution < -0.4 is 54.6 Å². The number of nitrogens with one attached hydrogen (secondary N) is 7. The smallest absolute Gasteiger partial charge is 0.325 e. The van der Waals surface area contributed by atoms with Crippen LogP contribution in [-0.2, 0) is 59.2 Å². The molecule has 0 aromatic heterocycles. The van der Waals surface area contributed by atoms with Crippen molar-refractivity contribution < 1.29 is 57.9 Å². The summed E-state index contributed by atoms with van der Waals surface area (Å²) in [5.41, 5.74) is 21.0. The van der Waals surface area contributed by atoms with E-state index in [0.717, 1.165) is 0 Å². The quantitative estimate of drug-likeness (QED) is 0.0120. The van der Waals surface area contributed by atoms with Gasteiger partial charge >= 0.3 is 11.9 Å². The predicted molar refractivity (Wildman–Crippen MR) is 294 cm³/mol. The van der Waals surface area contributed by atoms with E-state index in [4.69, 9.17) is 27.1 Å². The zero-order chi connectivity index (χ0) is 57.3. The first-order valence-electron chi connectivity index (χ1n) is 25.2. The Hall–Kier alpha value is -7.71. The van der Waals surface area contributed by atoms with Crippen LogP contribution in [0.25, 0.3) is 0 Å². The fourth-order valence-corrected chi connectivity index (χ4v) is 8.94. The van der Waals surface area contributed by atoms with Gasteiger partial charge in [-0.1, -0.05) is 105 Å². The first-order valence-corrected chi connectivity index (χ1v) is 26.5. The standard InChI is InChI=1S/C52H70N12O12S2/c1-30(2)43(62-47(71)35(26-31-14-6-3-7-15-31)59-50(74)44(63-76-41(68)22-25-77)42(32-16-8-4-9-17-32)33-18-10-5-11-19-33)49(73)60-36(27-39(53)65)46(70)61-37(29-78)51(75)64-24-13-21-38(64)48(72)58-34(20-12-23-56-52(54)55)45(69)57-28-40(66)67/h3-11,14-19,30,34-38,42-44,63,77-78H,12-13,20-29H2,1-2H3,(H2,53,65)(H,57,69)(H,58,72)(H,59,74)(H,60,73)(H,61,70)(H,62,71)(H,66,67)(H4,54,55,56)/t34-,35+,36+,37+,38+,43+,44-/m1/s1. The number of carboxylic acids is 1. The van der Waals surface area contributed by atoms with E-state index in [1.54, 1.807) is 105 Å². The van der Waals surface area contributed by atoms with Crippen LogP contribution in [0.4, 0.5) is 0 Å². The molecule has 1 heterocycles. The van der Waals surface area contributed by atoms with E-state index in [1.165, 1.54) is 4.90 Å². The fourth-order valence-electron chi connectivity index (χ4n) is 8.51. The zero-order valence-electron chi connectivity index (χ0n) is 43.3. The summed E-state index contributed by atoms with van der Waals surface area (Å²) in [5, 5.41) is 24.4. The van der Waals surface area contributed by atoms with Crippen LogP contribution in [0.1, 0.15) is 75.0 Å². The number of hydrogen-bond acceptors (Lipinski definition) is 15. The number of aliphatic carboxylic acids is 1. The van der Waals surface area contributed by atoms with E-state index in [0.29, 0.717) is 23.1 Å². The van der Waals surface area contributed by atoms with E-state index in [-0.39, 0.29) is 62.7 Å². The first-order chi connectivity index (χ1) is 37.2. The lowest BCUT2D eigenvalue weighted by Gasteiger charge is -2.31. The Morgan fingerprint density at radius 1 is 0.705 bits per heavy atom. The maximum absolute atomic E-state index is 14.7. The van der Waals surface area contributed by atoms with Gasteiger partial charge in [0.15, 0.2) is 5.96 Å². The van der Waals surface area contributed by atoms with Crippen LogP contribution in [0.2, 0.25) is 0 Å². The molecule has 0 saturated carbocycles. The molecule has 1 fully saturated rings. The maximum atomic E-state index is 14.7. The summed E-state index contributed by atoms with van der Waals surface area (Å²) in [6.07, 6.45) is -0.178. The number of benzene rings is 3. The molecular weight excluding hydrogens is 1050 g/mol. The van der Waals surface area contributed by atoms with Crippen LogP contribution in [0.15, 0.2) is 96.0 Å². The lowest BCUT2D eigenvalue weighted by atomic mass is 9.84. The number of rotatable bonds is 31. The summed E-state index contributed by atoms with van der Waals surface area (Å²) >= 11 is 8.40. The number of thiol groups is 2. The van der Waals surface area contributed by atoms with Gasteiger partial charge in [0, 0.05) is 36.9 Å². The number of hydrogen-bond donors (Lipinski definition) is 13. The van der Waals surface area contributed by atoms with E-state index in [9.17, 15) is 47.9 Å². The molecule has 8 amide bonds. The molecule has 3 aromatic rings. The van der Waals surface area contributed by atoms with E-state index in [2.05, 4.69) is 67.6 Å². The van der Waals surface area contributed by atoms with Gasteiger partial charge in [0.2, 0.25) is 47.3 Å². The highest BCUT2D eigenvalue weighted by atomic mass is 32.1. The van der Waals surface area contributed by atoms with Gasteiger partial charge in [-0.2, -0.15) is 25.3 Å². The summed E-state index contributed by atoms with van der Waals surface area (Å²) in [6.45, 7) is 2.65. The number of amides is 8. The minimum absolute atomic E-state index is 0.00331. The largest absolute Gasteiger partial charge is 0.480 e. The highest BCUT2D eigenvalue weighted by Crippen LogP contribution is 2.29. The Morgan fingerprint density at radius 2 is 1.27 bits per heavy atom. The second kappa shape index (κ2) is 32.1. The average Bonchev–Trinajstić information content (AvgIpc) is 3.92. The van der Waals surface area contributed by atoms with Crippen molar-refractivity contribution in [2.45, 2.75) is 107 Å². The molecule has 1 aliphatic rings. The molecule has 0 unspecified atom stereocenters. The minimum Gasteiger partial charge on any atom is -0.480 e. The lowest BCUT2D eigenvalue weighted by Crippen LogP contribution is -2.61. The topological polar surface area (TPSA) is 378 Å². The zero-order valence-corrected chi connectivity index (χ0v) is 45.1. The van der Waals surface area contributed by atoms with Gasteiger partial charge in [0.25, 0.3) is 0 Å². The number of aliphatic imine (C=N–C) groups is 1. The number of nitrogens with zero attached hydrogens (tertiary/aromatic N) is 2. The van der Waals surface area contributed by atoms with Crippen molar-refractivity contribution in [3.63, 3.8) is 0 Å². The number of guanidine groups is 1. The van der Waals surface area contributed by atoms with Gasteiger partial charge in [-0.05, 0) is 48.3 Å². The summed E-state index contributed by atoms with van der Waals surface area (Å²) in [6, 6.07) is 17.1. The average molecular weight is 1120 g/mol. The van der Waals surface area contributed by atoms with Gasteiger partial charge < -0.3 is 63.9 Å². The SMILES string of the molecule is CC(C)[C@H](NC(=O)[C@H](Cc1ccccc1)NC(=O)[C@H](NOC(=O)CCS)C(c1ccccc1)c1ccccc1)C(=O)N[C@@H](CC(N)=O)C(=O)N[C@@H](CS)C(=O)N1CCC[C@H]1C(=O)N[C@H](CCCN=C(N)N)C(=O)NCC(=O)O. The third kappa shape index (κ3) is 20.0. The maximum Gasteiger partial charge on any atom is 0.325 e. The number of carbonyl (C=O) groups excluding carboxylic acids is 9. The molecule has 0 aliphatic carbocycles. The third-order valence-electron chi connectivity index (χ3n) is 12.4. The van der Waals surface area contributed by atoms with Crippen molar-refractivity contribution >= 4 is 90.4 Å². The summed E-state index contributed by atoms with van der Waals surface area (Å²) in [7, 11) is 0. The first kappa shape index (κ1) is 62.8. The Bertz CT molecular complexity index is 2520. The number of hydroxylamine groups is 1. The Balaban J connectivity index is 1.56. The molecule has 1 saturated heterocycles. The minimum atomic E-state index is -1.70. The molecular formula is C52H70N12O12S2. The van der Waals surface area contributed by atoms with Crippen LogP contribution >= 0.6 is 25.3 Å². The molecule has 3 aromatic carbocycles. The fraction of sp³-hybridized carbons (Fsp3) is 0.442. The molecule has 78 heavy (non-hydrogen) atoms. The van der Waals surface area contributed by atoms with Crippen LogP contribution in [0.3, 0.4) is 0 Å². The van der Waals surface area contributed by atoms with Crippen LogP contribution in [-0.4, -0.2) is 149 Å². The number of carbonyl (C=O) groups is 10. The number of nitrogens with two attached hydrogens (primary N) is 3. The molecule has 24 nitrogen and oxygen atoms in total. The molecule has 26 heteroatoms. The van der Waals surface area contributed by atoms with Crippen molar-refractivity contribution in [2.24, 2.45) is 28.1 Å². The molecule has 422 valence electrons. The van der Waals surface area contributed by atoms with E-state index >= 15 is 0 Å². The third-order valence-corrected chi connectivity index (χ3v) is 13.0. The predicted octanol–water partition coefficient (Wildman–Crippen LogP) is -1.07. The van der Waals surface area contributed by atoms with Gasteiger partial charge in [0.1, 0.15) is 48.8 Å². The second-order valence-electron chi connectivity index (χ2n) is 18.6. The van der Waals surface area contributed by atoms with Crippen LogP contribution in [0.5, 0.6) is 0 Å².